The Morgan fingerprint density at radius 3 is 2.60 bits per heavy atom. The van der Waals surface area contributed by atoms with Gasteiger partial charge in [-0.25, -0.2) is 0 Å². The molecule has 1 aromatic rings. The van der Waals surface area contributed by atoms with Gasteiger partial charge in [-0.1, -0.05) is 5.92 Å². The summed E-state index contributed by atoms with van der Waals surface area (Å²) in [5.41, 5.74) is 2.63. The average Bonchev–Trinajstić information content (AvgIpc) is 2.64. The zero-order chi connectivity index (χ0) is 18.1. The van der Waals surface area contributed by atoms with Gasteiger partial charge in [0.05, 0.1) is 27.3 Å². The van der Waals surface area contributed by atoms with Crippen molar-refractivity contribution in [1.29, 1.82) is 0 Å². The standard InChI is InChI=1S/C19H28N4O2/c1-5-8-21-19(20-6-2)22-9-11-23-10-7-15-12-17(24-3)18(25-4)13-16(15)14-23/h1,12-13H,6-11,14H2,2-4H3,(H2,20,21,22). The van der Waals surface area contributed by atoms with Crippen LogP contribution in [0.25, 0.3) is 0 Å². The largest absolute Gasteiger partial charge is 0.493 e. The monoisotopic (exact) mass is 344 g/mol. The molecule has 2 rings (SSSR count). The van der Waals surface area contributed by atoms with Crippen LogP contribution < -0.4 is 20.1 Å². The number of ether oxygens (including phenoxy) is 2. The molecule has 0 bridgehead atoms. The summed E-state index contributed by atoms with van der Waals surface area (Å²) in [7, 11) is 3.35. The van der Waals surface area contributed by atoms with Gasteiger partial charge < -0.3 is 20.1 Å². The molecule has 0 fully saturated rings. The lowest BCUT2D eigenvalue weighted by Gasteiger charge is -2.29. The number of hydrogen-bond acceptors (Lipinski definition) is 4. The lowest BCUT2D eigenvalue weighted by molar-refractivity contribution is 0.260. The zero-order valence-corrected chi connectivity index (χ0v) is 15.4. The van der Waals surface area contributed by atoms with Crippen LogP contribution in [0.5, 0.6) is 11.5 Å². The first kappa shape index (κ1) is 18.9. The van der Waals surface area contributed by atoms with Crippen LogP contribution in [0.1, 0.15) is 18.1 Å². The number of guanidine groups is 1. The molecule has 6 heteroatoms. The summed E-state index contributed by atoms with van der Waals surface area (Å²) < 4.78 is 10.8. The van der Waals surface area contributed by atoms with Gasteiger partial charge >= 0.3 is 0 Å². The van der Waals surface area contributed by atoms with Crippen molar-refractivity contribution in [1.82, 2.24) is 15.5 Å². The summed E-state index contributed by atoms with van der Waals surface area (Å²) in [5.74, 6) is 4.92. The highest BCUT2D eigenvalue weighted by molar-refractivity contribution is 5.79. The molecule has 136 valence electrons. The SMILES string of the molecule is C#CCNC(=NCCN1CCc2cc(OC)c(OC)cc2C1)NCC. The maximum absolute atomic E-state index is 5.42. The molecule has 25 heavy (non-hydrogen) atoms. The molecule has 1 aliphatic rings. The second-order valence-corrected chi connectivity index (χ2v) is 5.82. The van der Waals surface area contributed by atoms with Crippen molar-refractivity contribution < 1.29 is 9.47 Å². The summed E-state index contributed by atoms with van der Waals surface area (Å²) in [6.07, 6.45) is 6.29. The Morgan fingerprint density at radius 2 is 1.96 bits per heavy atom. The molecular formula is C19H28N4O2. The lowest BCUT2D eigenvalue weighted by Crippen LogP contribution is -2.38. The van der Waals surface area contributed by atoms with Gasteiger partial charge in [0.1, 0.15) is 0 Å². The normalized spacial score (nSPS) is 14.4. The van der Waals surface area contributed by atoms with Gasteiger partial charge in [-0.05, 0) is 36.6 Å². The van der Waals surface area contributed by atoms with E-state index < -0.39 is 0 Å². The number of terminal acetylenes is 1. The average molecular weight is 344 g/mol. The number of benzene rings is 1. The molecule has 1 heterocycles. The summed E-state index contributed by atoms with van der Waals surface area (Å²) in [6.45, 7) is 6.88. The summed E-state index contributed by atoms with van der Waals surface area (Å²) in [4.78, 5) is 6.98. The number of nitrogens with zero attached hydrogens (tertiary/aromatic N) is 2. The molecular weight excluding hydrogens is 316 g/mol. The van der Waals surface area contributed by atoms with E-state index in [-0.39, 0.29) is 0 Å². The zero-order valence-electron chi connectivity index (χ0n) is 15.4. The highest BCUT2D eigenvalue weighted by Gasteiger charge is 2.19. The fraction of sp³-hybridized carbons (Fsp3) is 0.526. The van der Waals surface area contributed by atoms with Crippen molar-refractivity contribution >= 4 is 5.96 Å². The summed E-state index contributed by atoms with van der Waals surface area (Å²) >= 11 is 0. The van der Waals surface area contributed by atoms with Crippen LogP contribution in [-0.4, -0.2) is 57.8 Å². The van der Waals surface area contributed by atoms with Crippen LogP contribution in [0.15, 0.2) is 17.1 Å². The first-order valence-electron chi connectivity index (χ1n) is 8.63. The third kappa shape index (κ3) is 5.30. The minimum atomic E-state index is 0.477. The first-order valence-corrected chi connectivity index (χ1v) is 8.63. The first-order chi connectivity index (χ1) is 12.2. The number of rotatable bonds is 7. The Morgan fingerprint density at radius 1 is 1.24 bits per heavy atom. The van der Waals surface area contributed by atoms with Gasteiger partial charge in [0.2, 0.25) is 0 Å². The predicted octanol–water partition coefficient (Wildman–Crippen LogP) is 1.25. The molecule has 0 atom stereocenters. The fourth-order valence-electron chi connectivity index (χ4n) is 2.91. The Labute approximate surface area is 150 Å². The van der Waals surface area contributed by atoms with E-state index in [9.17, 15) is 0 Å². The third-order valence-electron chi connectivity index (χ3n) is 4.19. The van der Waals surface area contributed by atoms with Crippen LogP contribution in [0.2, 0.25) is 0 Å². The Bertz CT molecular complexity index is 637. The molecule has 6 nitrogen and oxygen atoms in total. The van der Waals surface area contributed by atoms with Crippen molar-refractivity contribution in [2.45, 2.75) is 19.9 Å². The third-order valence-corrected chi connectivity index (χ3v) is 4.19. The maximum Gasteiger partial charge on any atom is 0.192 e. The number of aliphatic imine (C=N–C) groups is 1. The van der Waals surface area contributed by atoms with E-state index in [0.717, 1.165) is 56.6 Å². The topological polar surface area (TPSA) is 58.1 Å². The van der Waals surface area contributed by atoms with Crippen molar-refractivity contribution in [3.63, 3.8) is 0 Å². The molecule has 0 unspecified atom stereocenters. The highest BCUT2D eigenvalue weighted by atomic mass is 16.5. The minimum Gasteiger partial charge on any atom is -0.493 e. The number of methoxy groups -OCH3 is 2. The van der Waals surface area contributed by atoms with E-state index in [2.05, 4.69) is 38.6 Å². The smallest absolute Gasteiger partial charge is 0.192 e. The maximum atomic E-state index is 5.42. The molecule has 1 aromatic carbocycles. The molecule has 0 radical (unpaired) electrons. The van der Waals surface area contributed by atoms with Crippen LogP contribution in [0, 0.1) is 12.3 Å². The van der Waals surface area contributed by atoms with E-state index in [1.807, 2.05) is 6.92 Å². The molecule has 0 amide bonds. The van der Waals surface area contributed by atoms with E-state index in [0.29, 0.717) is 6.54 Å². The molecule has 0 aromatic heterocycles. The van der Waals surface area contributed by atoms with Crippen LogP contribution in [0.4, 0.5) is 0 Å². The Kier molecular flexibility index (Phi) is 7.42. The molecule has 0 aliphatic carbocycles. The van der Waals surface area contributed by atoms with Crippen molar-refractivity contribution in [3.8, 4) is 23.8 Å². The number of fused-ring (bicyclic) bond motifs is 1. The summed E-state index contributed by atoms with van der Waals surface area (Å²) in [6, 6.07) is 4.18. The van der Waals surface area contributed by atoms with E-state index in [4.69, 9.17) is 15.9 Å². The van der Waals surface area contributed by atoms with Crippen LogP contribution >= 0.6 is 0 Å². The van der Waals surface area contributed by atoms with Crippen LogP contribution in [0.3, 0.4) is 0 Å². The van der Waals surface area contributed by atoms with E-state index in [1.54, 1.807) is 14.2 Å². The van der Waals surface area contributed by atoms with Gasteiger partial charge in [0.25, 0.3) is 0 Å². The van der Waals surface area contributed by atoms with Crippen molar-refractivity contribution in [2.24, 2.45) is 4.99 Å². The van der Waals surface area contributed by atoms with Gasteiger partial charge in [-0.15, -0.1) is 6.42 Å². The van der Waals surface area contributed by atoms with Gasteiger partial charge in [-0.2, -0.15) is 0 Å². The Hall–Kier alpha value is -2.39. The van der Waals surface area contributed by atoms with Gasteiger partial charge in [0, 0.05) is 26.2 Å². The Balaban J connectivity index is 1.95. The molecule has 2 N–H and O–H groups in total. The lowest BCUT2D eigenvalue weighted by atomic mass is 9.99. The van der Waals surface area contributed by atoms with Crippen LogP contribution in [-0.2, 0) is 13.0 Å². The number of nitrogens with one attached hydrogen (secondary N) is 2. The second kappa shape index (κ2) is 9.80. The second-order valence-electron chi connectivity index (χ2n) is 5.82. The molecule has 0 saturated heterocycles. The molecule has 0 saturated carbocycles. The van der Waals surface area contributed by atoms with Crippen molar-refractivity contribution in [3.05, 3.63) is 23.3 Å². The molecule has 0 spiro atoms. The van der Waals surface area contributed by atoms with E-state index in [1.165, 1.54) is 11.1 Å². The summed E-state index contributed by atoms with van der Waals surface area (Å²) in [5, 5.41) is 6.30. The minimum absolute atomic E-state index is 0.477. The quantitative estimate of drug-likeness (QED) is 0.443. The number of hydrogen-bond donors (Lipinski definition) is 2. The highest BCUT2D eigenvalue weighted by Crippen LogP contribution is 2.33. The van der Waals surface area contributed by atoms with Gasteiger partial charge in [0.15, 0.2) is 17.5 Å². The molecule has 1 aliphatic heterocycles. The fourth-order valence-corrected chi connectivity index (χ4v) is 2.91. The van der Waals surface area contributed by atoms with E-state index >= 15 is 0 Å². The van der Waals surface area contributed by atoms with Gasteiger partial charge in [-0.3, -0.25) is 9.89 Å². The van der Waals surface area contributed by atoms with Crippen molar-refractivity contribution in [2.75, 3.05) is 46.9 Å². The predicted molar refractivity (Wildman–Crippen MR) is 101 cm³/mol.